The van der Waals surface area contributed by atoms with Crippen molar-refractivity contribution < 1.29 is 22.7 Å². The molecule has 0 saturated carbocycles. The highest BCUT2D eigenvalue weighted by molar-refractivity contribution is 5.95. The Balaban J connectivity index is 1.75. The highest BCUT2D eigenvalue weighted by Crippen LogP contribution is 2.28. The van der Waals surface area contributed by atoms with Crippen molar-refractivity contribution in [1.29, 1.82) is 0 Å². The lowest BCUT2D eigenvalue weighted by atomic mass is 10.1. The second-order valence-corrected chi connectivity index (χ2v) is 6.57. The Kier molecular flexibility index (Phi) is 6.09. The third-order valence-corrected chi connectivity index (χ3v) is 4.60. The number of carbonyl (C=O) groups excluding carboxylic acids is 1. The number of amides is 1. The molecule has 0 radical (unpaired) electrons. The monoisotopic (exact) mass is 409 g/mol. The van der Waals surface area contributed by atoms with Crippen LogP contribution in [0.15, 0.2) is 12.1 Å². The van der Waals surface area contributed by atoms with Gasteiger partial charge in [-0.2, -0.15) is 9.37 Å². The molecule has 0 spiro atoms. The molecule has 7 nitrogen and oxygen atoms in total. The topological polar surface area (TPSA) is 70.6 Å². The van der Waals surface area contributed by atoms with Gasteiger partial charge in [0.1, 0.15) is 5.82 Å². The number of ether oxygens (including phenoxy) is 1. The van der Waals surface area contributed by atoms with Gasteiger partial charge in [-0.25, -0.2) is 13.8 Å². The first kappa shape index (κ1) is 20.7. The Hall–Kier alpha value is -3.04. The molecule has 1 aliphatic rings. The zero-order valence-electron chi connectivity index (χ0n) is 16.4. The summed E-state index contributed by atoms with van der Waals surface area (Å²) >= 11 is 0. The van der Waals surface area contributed by atoms with E-state index in [0.29, 0.717) is 30.9 Å². The van der Waals surface area contributed by atoms with Crippen molar-refractivity contribution in [2.24, 2.45) is 0 Å². The van der Waals surface area contributed by atoms with Crippen LogP contribution >= 0.6 is 0 Å². The lowest BCUT2D eigenvalue weighted by Gasteiger charge is -2.35. The number of methoxy groups -OCH3 is 1. The molecule has 1 saturated heterocycles. The summed E-state index contributed by atoms with van der Waals surface area (Å²) in [5.41, 5.74) is 0.246. The Morgan fingerprint density at radius 1 is 1.14 bits per heavy atom. The van der Waals surface area contributed by atoms with E-state index in [0.717, 1.165) is 19.3 Å². The maximum absolute atomic E-state index is 14.4. The lowest BCUT2D eigenvalue weighted by Crippen LogP contribution is -2.49. The van der Waals surface area contributed by atoms with Gasteiger partial charge in [0.2, 0.25) is 11.8 Å². The van der Waals surface area contributed by atoms with E-state index in [1.165, 1.54) is 4.90 Å². The van der Waals surface area contributed by atoms with Crippen LogP contribution in [0.25, 0.3) is 0 Å². The molecule has 0 aliphatic carbocycles. The van der Waals surface area contributed by atoms with Crippen LogP contribution in [0.4, 0.5) is 24.9 Å². The molecule has 3 rings (SSSR count). The van der Waals surface area contributed by atoms with E-state index in [9.17, 15) is 18.0 Å². The van der Waals surface area contributed by atoms with Crippen molar-refractivity contribution in [1.82, 2.24) is 14.9 Å². The summed E-state index contributed by atoms with van der Waals surface area (Å²) in [6.07, 6.45) is 0. The summed E-state index contributed by atoms with van der Waals surface area (Å²) < 4.78 is 46.3. The predicted octanol–water partition coefficient (Wildman–Crippen LogP) is 2.61. The summed E-state index contributed by atoms with van der Waals surface area (Å²) in [6.45, 7) is 5.91. The lowest BCUT2D eigenvalue weighted by molar-refractivity contribution is 0.0739. The highest BCUT2D eigenvalue weighted by atomic mass is 19.2. The molecule has 0 atom stereocenters. The molecule has 1 aliphatic heterocycles. The van der Waals surface area contributed by atoms with Gasteiger partial charge in [0.15, 0.2) is 17.4 Å². The number of rotatable bonds is 5. The van der Waals surface area contributed by atoms with Crippen molar-refractivity contribution >= 4 is 17.7 Å². The fourth-order valence-corrected chi connectivity index (χ4v) is 3.16. The minimum atomic E-state index is -1.46. The minimum absolute atomic E-state index is 0.257. The Labute approximate surface area is 166 Å². The fourth-order valence-electron chi connectivity index (χ4n) is 3.16. The van der Waals surface area contributed by atoms with Crippen LogP contribution in [-0.2, 0) is 0 Å². The number of aromatic nitrogens is 2. The molecular weight excluding hydrogens is 387 g/mol. The van der Waals surface area contributed by atoms with Gasteiger partial charge >= 0.3 is 0 Å². The number of anilines is 2. The van der Waals surface area contributed by atoms with E-state index in [-0.39, 0.29) is 13.1 Å². The average molecular weight is 409 g/mol. The molecule has 2 aromatic rings. The first-order valence-corrected chi connectivity index (χ1v) is 9.21. The normalized spacial score (nSPS) is 14.1. The number of hydrogen-bond donors (Lipinski definition) is 1. The van der Waals surface area contributed by atoms with Gasteiger partial charge in [0.05, 0.1) is 12.7 Å². The average Bonchev–Trinajstić information content (AvgIpc) is 2.70. The van der Waals surface area contributed by atoms with E-state index in [1.54, 1.807) is 0 Å². The standard InChI is InChI=1S/C19H22F3N5O2/c1-4-23-14-9-11(2)24-19(25-14)27-7-5-26(6-8-27)18(28)12-10-13(20)16(22)17(29-3)15(12)21/h9-10H,4-8H2,1-3H3,(H,23,24,25). The molecule has 1 amide bonds. The van der Waals surface area contributed by atoms with Gasteiger partial charge in [-0.1, -0.05) is 0 Å². The number of halogens is 3. The number of nitrogens with one attached hydrogen (secondary N) is 1. The maximum Gasteiger partial charge on any atom is 0.257 e. The molecule has 1 fully saturated rings. The fraction of sp³-hybridized carbons (Fsp3) is 0.421. The largest absolute Gasteiger partial charge is 0.491 e. The molecule has 0 bridgehead atoms. The minimum Gasteiger partial charge on any atom is -0.491 e. The molecule has 156 valence electrons. The Morgan fingerprint density at radius 3 is 2.45 bits per heavy atom. The third-order valence-electron chi connectivity index (χ3n) is 4.60. The number of hydrogen-bond acceptors (Lipinski definition) is 6. The molecule has 1 N–H and O–H groups in total. The van der Waals surface area contributed by atoms with E-state index in [2.05, 4.69) is 20.0 Å². The highest BCUT2D eigenvalue weighted by Gasteiger charge is 2.29. The quantitative estimate of drug-likeness (QED) is 0.766. The summed E-state index contributed by atoms with van der Waals surface area (Å²) in [5, 5.41) is 3.14. The van der Waals surface area contributed by atoms with Crippen molar-refractivity contribution in [3.05, 3.63) is 40.8 Å². The van der Waals surface area contributed by atoms with E-state index >= 15 is 0 Å². The number of piperazine rings is 1. The third kappa shape index (κ3) is 4.20. The SMILES string of the molecule is CCNc1cc(C)nc(N2CCN(C(=O)c3cc(F)c(F)c(OC)c3F)CC2)n1. The van der Waals surface area contributed by atoms with Crippen molar-refractivity contribution in [3.63, 3.8) is 0 Å². The van der Waals surface area contributed by atoms with Crippen LogP contribution in [0.3, 0.4) is 0 Å². The molecule has 0 unspecified atom stereocenters. The first-order valence-electron chi connectivity index (χ1n) is 9.21. The van der Waals surface area contributed by atoms with Gasteiger partial charge in [-0.3, -0.25) is 4.79 Å². The van der Waals surface area contributed by atoms with Crippen LogP contribution < -0.4 is 15.0 Å². The molecular formula is C19H22F3N5O2. The van der Waals surface area contributed by atoms with Crippen LogP contribution in [0.2, 0.25) is 0 Å². The van der Waals surface area contributed by atoms with Crippen molar-refractivity contribution in [2.75, 3.05) is 50.1 Å². The van der Waals surface area contributed by atoms with E-state index in [4.69, 9.17) is 0 Å². The first-order chi connectivity index (χ1) is 13.8. The van der Waals surface area contributed by atoms with Crippen molar-refractivity contribution in [2.45, 2.75) is 13.8 Å². The smallest absolute Gasteiger partial charge is 0.257 e. The van der Waals surface area contributed by atoms with Gasteiger partial charge in [0, 0.05) is 44.5 Å². The second-order valence-electron chi connectivity index (χ2n) is 6.57. The predicted molar refractivity (Wildman–Crippen MR) is 102 cm³/mol. The van der Waals surface area contributed by atoms with Gasteiger partial charge in [-0.05, 0) is 19.9 Å². The molecule has 1 aromatic carbocycles. The second kappa shape index (κ2) is 8.54. The van der Waals surface area contributed by atoms with Gasteiger partial charge in [-0.15, -0.1) is 0 Å². The van der Waals surface area contributed by atoms with Crippen LogP contribution in [0.1, 0.15) is 23.0 Å². The van der Waals surface area contributed by atoms with E-state index in [1.807, 2.05) is 24.8 Å². The molecule has 10 heteroatoms. The summed E-state index contributed by atoms with van der Waals surface area (Å²) in [7, 11) is 1.01. The Bertz CT molecular complexity index is 917. The van der Waals surface area contributed by atoms with Gasteiger partial charge < -0.3 is 19.9 Å². The molecule has 1 aromatic heterocycles. The van der Waals surface area contributed by atoms with Crippen LogP contribution in [0.5, 0.6) is 5.75 Å². The number of nitrogens with zero attached hydrogens (tertiary/aromatic N) is 4. The van der Waals surface area contributed by atoms with E-state index < -0.39 is 34.7 Å². The summed E-state index contributed by atoms with van der Waals surface area (Å²) in [5.74, 6) is -4.39. The number of carbonyl (C=O) groups is 1. The van der Waals surface area contributed by atoms with Crippen molar-refractivity contribution in [3.8, 4) is 5.75 Å². The maximum atomic E-state index is 14.4. The number of benzene rings is 1. The van der Waals surface area contributed by atoms with Gasteiger partial charge in [0.25, 0.3) is 5.91 Å². The Morgan fingerprint density at radius 2 is 1.83 bits per heavy atom. The summed E-state index contributed by atoms with van der Waals surface area (Å²) in [6, 6.07) is 2.40. The zero-order valence-corrected chi connectivity index (χ0v) is 16.4. The summed E-state index contributed by atoms with van der Waals surface area (Å²) in [4.78, 5) is 24.9. The molecule has 29 heavy (non-hydrogen) atoms. The van der Waals surface area contributed by atoms with Crippen LogP contribution in [-0.4, -0.2) is 60.6 Å². The van der Waals surface area contributed by atoms with Crippen LogP contribution in [0, 0.1) is 24.4 Å². The molecule has 2 heterocycles. The zero-order chi connectivity index (χ0) is 21.1. The number of aryl methyl sites for hydroxylation is 1.